The number of benzene rings is 1. The molecule has 0 saturated heterocycles. The van der Waals surface area contributed by atoms with Crippen molar-refractivity contribution in [2.75, 3.05) is 13.1 Å². The number of aromatic nitrogens is 2. The smallest absolute Gasteiger partial charge is 0.241 e. The molecule has 7 nitrogen and oxygen atoms in total. The highest BCUT2D eigenvalue weighted by molar-refractivity contribution is 7.89. The minimum absolute atomic E-state index is 0.0589. The molecular weight excluding hydrogens is 352 g/mol. The van der Waals surface area contributed by atoms with Crippen LogP contribution < -0.4 is 10.0 Å². The van der Waals surface area contributed by atoms with E-state index in [0.29, 0.717) is 29.0 Å². The number of sulfonamides is 1. The van der Waals surface area contributed by atoms with Gasteiger partial charge in [-0.2, -0.15) is 0 Å². The van der Waals surface area contributed by atoms with Crippen LogP contribution in [0.3, 0.4) is 0 Å². The molecule has 2 rings (SSSR count). The maximum Gasteiger partial charge on any atom is 0.241 e. The Morgan fingerprint density at radius 2 is 1.81 bits per heavy atom. The van der Waals surface area contributed by atoms with Gasteiger partial charge in [0.05, 0.1) is 4.90 Å². The number of aryl methyl sites for hydroxylation is 4. The van der Waals surface area contributed by atoms with Crippen LogP contribution in [0.25, 0.3) is 0 Å². The summed E-state index contributed by atoms with van der Waals surface area (Å²) in [5.41, 5.74) is 2.43. The predicted molar refractivity (Wildman–Crippen MR) is 100 cm³/mol. The van der Waals surface area contributed by atoms with Crippen LogP contribution in [0.4, 0.5) is 0 Å². The number of hydrogen-bond acceptors (Lipinski definition) is 4. The van der Waals surface area contributed by atoms with E-state index in [1.165, 1.54) is 0 Å². The summed E-state index contributed by atoms with van der Waals surface area (Å²) in [4.78, 5) is 16.4. The highest BCUT2D eigenvalue weighted by atomic mass is 32.2. The first-order valence-corrected chi connectivity index (χ1v) is 9.99. The van der Waals surface area contributed by atoms with Crippen molar-refractivity contribution in [1.82, 2.24) is 19.6 Å². The standard InChI is InChI=1S/C18H26N4O3S/c1-13-11-14(2)18(15(3)12-13)26(24,25)21-8-6-17(23)20-7-5-16-19-9-10-22(16)4/h9-12,21H,5-8H2,1-4H3,(H,20,23). The minimum Gasteiger partial charge on any atom is -0.356 e. The fraction of sp³-hybridized carbons (Fsp3) is 0.444. The number of amides is 1. The fourth-order valence-electron chi connectivity index (χ4n) is 3.00. The molecule has 1 heterocycles. The molecule has 0 aliphatic heterocycles. The summed E-state index contributed by atoms with van der Waals surface area (Å²) in [5.74, 6) is 0.690. The van der Waals surface area contributed by atoms with Crippen LogP contribution in [0.2, 0.25) is 0 Å². The Morgan fingerprint density at radius 1 is 1.15 bits per heavy atom. The molecule has 0 aliphatic rings. The predicted octanol–water partition coefficient (Wildman–Crippen LogP) is 1.37. The van der Waals surface area contributed by atoms with Crippen LogP contribution >= 0.6 is 0 Å². The van der Waals surface area contributed by atoms with Gasteiger partial charge in [0.2, 0.25) is 15.9 Å². The Labute approximate surface area is 154 Å². The summed E-state index contributed by atoms with van der Waals surface area (Å²) in [6, 6.07) is 3.68. The van der Waals surface area contributed by atoms with Gasteiger partial charge in [-0.25, -0.2) is 18.1 Å². The van der Waals surface area contributed by atoms with Gasteiger partial charge < -0.3 is 9.88 Å². The molecule has 26 heavy (non-hydrogen) atoms. The van der Waals surface area contributed by atoms with Crippen LogP contribution in [0.1, 0.15) is 28.9 Å². The lowest BCUT2D eigenvalue weighted by atomic mass is 10.1. The number of carbonyl (C=O) groups excluding carboxylic acids is 1. The first kappa shape index (κ1) is 20.1. The molecular formula is C18H26N4O3S. The molecule has 2 N–H and O–H groups in total. The van der Waals surface area contributed by atoms with E-state index in [2.05, 4.69) is 15.0 Å². The lowest BCUT2D eigenvalue weighted by Crippen LogP contribution is -2.32. The summed E-state index contributed by atoms with van der Waals surface area (Å²) in [6.07, 6.45) is 4.27. The third kappa shape index (κ3) is 5.15. The Kier molecular flexibility index (Phi) is 6.55. The normalized spacial score (nSPS) is 11.5. The second-order valence-electron chi connectivity index (χ2n) is 6.43. The van der Waals surface area contributed by atoms with Crippen molar-refractivity contribution in [3.8, 4) is 0 Å². The first-order valence-electron chi connectivity index (χ1n) is 8.51. The van der Waals surface area contributed by atoms with Crippen molar-refractivity contribution in [2.45, 2.75) is 38.5 Å². The summed E-state index contributed by atoms with van der Waals surface area (Å²) < 4.78 is 29.5. The van der Waals surface area contributed by atoms with Crippen molar-refractivity contribution in [3.63, 3.8) is 0 Å². The summed E-state index contributed by atoms with van der Waals surface area (Å²) in [6.45, 7) is 6.01. The van der Waals surface area contributed by atoms with Gasteiger partial charge in [-0.1, -0.05) is 17.7 Å². The molecule has 1 amide bonds. The molecule has 1 aromatic carbocycles. The first-order chi connectivity index (χ1) is 12.2. The van der Waals surface area contributed by atoms with Gasteiger partial charge in [0.25, 0.3) is 0 Å². The molecule has 0 saturated carbocycles. The summed E-state index contributed by atoms with van der Waals surface area (Å²) in [5, 5.41) is 2.78. The minimum atomic E-state index is -3.64. The van der Waals surface area contributed by atoms with Crippen LogP contribution in [-0.2, 0) is 28.3 Å². The summed E-state index contributed by atoms with van der Waals surface area (Å²) in [7, 11) is -1.74. The molecule has 0 aliphatic carbocycles. The number of imidazole rings is 1. The lowest BCUT2D eigenvalue weighted by Gasteiger charge is -2.13. The van der Waals surface area contributed by atoms with E-state index in [1.54, 1.807) is 20.0 Å². The highest BCUT2D eigenvalue weighted by Crippen LogP contribution is 2.21. The van der Waals surface area contributed by atoms with Gasteiger partial charge in [-0.05, 0) is 31.9 Å². The zero-order valence-corrected chi connectivity index (χ0v) is 16.5. The maximum atomic E-state index is 12.5. The second-order valence-corrected chi connectivity index (χ2v) is 8.13. The van der Waals surface area contributed by atoms with E-state index in [-0.39, 0.29) is 18.9 Å². The van der Waals surface area contributed by atoms with E-state index < -0.39 is 10.0 Å². The van der Waals surface area contributed by atoms with Gasteiger partial charge >= 0.3 is 0 Å². The van der Waals surface area contributed by atoms with Crippen LogP contribution in [0.5, 0.6) is 0 Å². The molecule has 0 atom stereocenters. The molecule has 0 bridgehead atoms. The molecule has 0 spiro atoms. The zero-order chi connectivity index (χ0) is 19.3. The number of carbonyl (C=O) groups is 1. The number of nitrogens with one attached hydrogen (secondary N) is 2. The van der Waals surface area contributed by atoms with E-state index in [1.807, 2.05) is 36.9 Å². The molecule has 2 aromatic rings. The molecule has 0 fully saturated rings. The van der Waals surface area contributed by atoms with E-state index in [9.17, 15) is 13.2 Å². The molecule has 0 unspecified atom stereocenters. The number of hydrogen-bond donors (Lipinski definition) is 2. The molecule has 0 radical (unpaired) electrons. The van der Waals surface area contributed by atoms with Crippen molar-refractivity contribution >= 4 is 15.9 Å². The van der Waals surface area contributed by atoms with Crippen LogP contribution in [0, 0.1) is 20.8 Å². The molecule has 142 valence electrons. The van der Waals surface area contributed by atoms with Gasteiger partial charge in [0.15, 0.2) is 0 Å². The number of rotatable bonds is 8. The topological polar surface area (TPSA) is 93.1 Å². The van der Waals surface area contributed by atoms with Crippen LogP contribution in [-0.4, -0.2) is 37.0 Å². The third-order valence-electron chi connectivity index (χ3n) is 4.11. The number of nitrogens with zero attached hydrogens (tertiary/aromatic N) is 2. The van der Waals surface area contributed by atoms with Gasteiger partial charge in [-0.15, -0.1) is 0 Å². The fourth-order valence-corrected chi connectivity index (χ4v) is 4.48. The van der Waals surface area contributed by atoms with Crippen molar-refractivity contribution < 1.29 is 13.2 Å². The second kappa shape index (κ2) is 8.46. The highest BCUT2D eigenvalue weighted by Gasteiger charge is 2.19. The van der Waals surface area contributed by atoms with Crippen molar-refractivity contribution in [3.05, 3.63) is 47.0 Å². The molecule has 1 aromatic heterocycles. The van der Waals surface area contributed by atoms with Gasteiger partial charge in [0.1, 0.15) is 5.82 Å². The molecule has 8 heteroatoms. The van der Waals surface area contributed by atoms with Gasteiger partial charge in [-0.3, -0.25) is 4.79 Å². The SMILES string of the molecule is Cc1cc(C)c(S(=O)(=O)NCCC(=O)NCCc2nccn2C)c(C)c1. The average molecular weight is 378 g/mol. The zero-order valence-electron chi connectivity index (χ0n) is 15.7. The van der Waals surface area contributed by atoms with E-state index in [4.69, 9.17) is 0 Å². The van der Waals surface area contributed by atoms with E-state index >= 15 is 0 Å². The van der Waals surface area contributed by atoms with Crippen LogP contribution in [0.15, 0.2) is 29.4 Å². The maximum absolute atomic E-state index is 12.5. The Bertz CT molecular complexity index is 865. The van der Waals surface area contributed by atoms with Crippen molar-refractivity contribution in [2.24, 2.45) is 7.05 Å². The third-order valence-corrected chi connectivity index (χ3v) is 5.87. The van der Waals surface area contributed by atoms with Gasteiger partial charge in [0, 0.05) is 45.4 Å². The monoisotopic (exact) mass is 378 g/mol. The Hall–Kier alpha value is -2.19. The quantitative estimate of drug-likeness (QED) is 0.726. The summed E-state index contributed by atoms with van der Waals surface area (Å²) >= 11 is 0. The average Bonchev–Trinajstić information content (AvgIpc) is 2.91. The Balaban J connectivity index is 1.83. The largest absolute Gasteiger partial charge is 0.356 e. The van der Waals surface area contributed by atoms with Crippen molar-refractivity contribution in [1.29, 1.82) is 0 Å². The lowest BCUT2D eigenvalue weighted by molar-refractivity contribution is -0.120. The van der Waals surface area contributed by atoms with E-state index in [0.717, 1.165) is 11.4 Å². The Morgan fingerprint density at radius 3 is 2.38 bits per heavy atom.